The summed E-state index contributed by atoms with van der Waals surface area (Å²) in [4.78, 5) is 3.77. The van der Waals surface area contributed by atoms with Gasteiger partial charge in [-0.3, -0.25) is 4.98 Å². The predicted molar refractivity (Wildman–Crippen MR) is 73.8 cm³/mol. The fraction of sp³-hybridized carbons (Fsp3) is 0.300. The van der Waals surface area contributed by atoms with Crippen LogP contribution < -0.4 is 5.73 Å². The molecule has 0 saturated heterocycles. The molecule has 1 aromatic heterocycles. The Kier molecular flexibility index (Phi) is 9.19. The van der Waals surface area contributed by atoms with Gasteiger partial charge in [-0.2, -0.15) is 0 Å². The minimum absolute atomic E-state index is 0. The molecule has 1 heterocycles. The van der Waals surface area contributed by atoms with E-state index in [1.807, 2.05) is 0 Å². The zero-order chi connectivity index (χ0) is 12.2. The summed E-state index contributed by atoms with van der Waals surface area (Å²) in [5.41, 5.74) is 5.64. The van der Waals surface area contributed by atoms with Crippen molar-refractivity contribution < 1.29 is 12.8 Å². The number of hydrogen-bond acceptors (Lipinski definition) is 4. The Labute approximate surface area is 118 Å². The Bertz CT molecular complexity index is 506. The Morgan fingerprint density at radius 1 is 1.50 bits per heavy atom. The standard InChI is InChI=1S/C10H13FN2O2S.2ClH/c1-8-3-5-13-6-10(8)16(14,15)7-9(11)2-4-12;;/h2-3,5-6H,4,7,12H2,1H3;2*1H/b9-2-;;. The molecule has 104 valence electrons. The molecule has 0 unspecified atom stereocenters. The van der Waals surface area contributed by atoms with E-state index in [0.29, 0.717) is 5.56 Å². The van der Waals surface area contributed by atoms with E-state index >= 15 is 0 Å². The summed E-state index contributed by atoms with van der Waals surface area (Å²) in [7, 11) is -3.67. The van der Waals surface area contributed by atoms with Gasteiger partial charge >= 0.3 is 0 Å². The van der Waals surface area contributed by atoms with E-state index < -0.39 is 21.4 Å². The Balaban J connectivity index is 0. The number of sulfone groups is 1. The van der Waals surface area contributed by atoms with E-state index in [4.69, 9.17) is 5.73 Å². The lowest BCUT2D eigenvalue weighted by Crippen LogP contribution is -2.10. The van der Waals surface area contributed by atoms with E-state index in [2.05, 4.69) is 4.98 Å². The van der Waals surface area contributed by atoms with Crippen molar-refractivity contribution >= 4 is 34.7 Å². The van der Waals surface area contributed by atoms with Gasteiger partial charge in [0, 0.05) is 18.9 Å². The van der Waals surface area contributed by atoms with Crippen LogP contribution in [0, 0.1) is 6.92 Å². The van der Waals surface area contributed by atoms with Crippen molar-refractivity contribution in [1.82, 2.24) is 4.98 Å². The third-order valence-electron chi connectivity index (χ3n) is 1.99. The Hall–Kier alpha value is -0.690. The van der Waals surface area contributed by atoms with Crippen molar-refractivity contribution in [2.24, 2.45) is 5.73 Å². The smallest absolute Gasteiger partial charge is 0.186 e. The Morgan fingerprint density at radius 3 is 2.61 bits per heavy atom. The van der Waals surface area contributed by atoms with Crippen LogP contribution >= 0.6 is 24.8 Å². The molecule has 0 aromatic carbocycles. The molecule has 2 N–H and O–H groups in total. The number of hydrogen-bond donors (Lipinski definition) is 1. The summed E-state index contributed by atoms with van der Waals surface area (Å²) in [6.45, 7) is 1.62. The van der Waals surface area contributed by atoms with Gasteiger partial charge in [0.2, 0.25) is 0 Å². The number of rotatable bonds is 4. The first-order chi connectivity index (χ1) is 7.47. The van der Waals surface area contributed by atoms with Crippen molar-refractivity contribution in [2.45, 2.75) is 11.8 Å². The molecule has 0 aliphatic carbocycles. The van der Waals surface area contributed by atoms with E-state index in [1.165, 1.54) is 12.4 Å². The quantitative estimate of drug-likeness (QED) is 0.919. The summed E-state index contributed by atoms with van der Waals surface area (Å²) in [6.07, 6.45) is 3.75. The summed E-state index contributed by atoms with van der Waals surface area (Å²) in [5, 5.41) is 0. The van der Waals surface area contributed by atoms with Crippen LogP contribution in [-0.4, -0.2) is 25.7 Å². The molecular formula is C10H15Cl2FN2O2S. The molecule has 0 atom stereocenters. The highest BCUT2D eigenvalue weighted by Gasteiger charge is 2.19. The molecule has 0 radical (unpaired) electrons. The lowest BCUT2D eigenvalue weighted by Gasteiger charge is -2.05. The van der Waals surface area contributed by atoms with E-state index in [9.17, 15) is 12.8 Å². The van der Waals surface area contributed by atoms with Crippen molar-refractivity contribution in [2.75, 3.05) is 12.3 Å². The monoisotopic (exact) mass is 316 g/mol. The van der Waals surface area contributed by atoms with Crippen LogP contribution in [0.15, 0.2) is 35.3 Å². The van der Waals surface area contributed by atoms with Gasteiger partial charge in [0.05, 0.1) is 4.90 Å². The zero-order valence-electron chi connectivity index (χ0n) is 9.67. The molecule has 0 aliphatic heterocycles. The molecular weight excluding hydrogens is 302 g/mol. The molecule has 0 amide bonds. The average Bonchev–Trinajstić information content (AvgIpc) is 2.17. The van der Waals surface area contributed by atoms with Crippen molar-refractivity contribution in [3.05, 3.63) is 35.9 Å². The minimum Gasteiger partial charge on any atom is -0.327 e. The fourth-order valence-electron chi connectivity index (χ4n) is 1.22. The van der Waals surface area contributed by atoms with Gasteiger partial charge in [-0.1, -0.05) is 0 Å². The van der Waals surface area contributed by atoms with Crippen LogP contribution in [0.25, 0.3) is 0 Å². The van der Waals surface area contributed by atoms with Gasteiger partial charge in [-0.05, 0) is 24.6 Å². The molecule has 0 fully saturated rings. The van der Waals surface area contributed by atoms with Crippen LogP contribution in [0.3, 0.4) is 0 Å². The van der Waals surface area contributed by atoms with Crippen LogP contribution in [0.4, 0.5) is 4.39 Å². The normalized spacial score (nSPS) is 11.4. The summed E-state index contributed by atoms with van der Waals surface area (Å²) in [6, 6.07) is 1.57. The van der Waals surface area contributed by atoms with E-state index in [1.54, 1.807) is 13.0 Å². The summed E-state index contributed by atoms with van der Waals surface area (Å²) in [5.74, 6) is -1.41. The Morgan fingerprint density at radius 2 is 2.11 bits per heavy atom. The molecule has 0 saturated carbocycles. The SMILES string of the molecule is Cc1ccncc1S(=O)(=O)C/C(F)=C/CN.Cl.Cl. The molecule has 18 heavy (non-hydrogen) atoms. The third kappa shape index (κ3) is 5.30. The molecule has 0 spiro atoms. The highest BCUT2D eigenvalue weighted by atomic mass is 35.5. The number of nitrogens with two attached hydrogens (primary N) is 1. The molecule has 8 heteroatoms. The first-order valence-corrected chi connectivity index (χ1v) is 6.30. The first-order valence-electron chi connectivity index (χ1n) is 4.65. The van der Waals surface area contributed by atoms with Crippen LogP contribution in [-0.2, 0) is 9.84 Å². The third-order valence-corrected chi connectivity index (χ3v) is 3.75. The van der Waals surface area contributed by atoms with Gasteiger partial charge in [-0.25, -0.2) is 12.8 Å². The second-order valence-electron chi connectivity index (χ2n) is 3.29. The fourth-order valence-corrected chi connectivity index (χ4v) is 2.64. The minimum atomic E-state index is -3.67. The summed E-state index contributed by atoms with van der Waals surface area (Å²) >= 11 is 0. The van der Waals surface area contributed by atoms with Crippen LogP contribution in [0.2, 0.25) is 0 Å². The van der Waals surface area contributed by atoms with Gasteiger partial charge in [0.25, 0.3) is 0 Å². The van der Waals surface area contributed by atoms with Crippen molar-refractivity contribution in [3.63, 3.8) is 0 Å². The molecule has 0 bridgehead atoms. The highest BCUT2D eigenvalue weighted by molar-refractivity contribution is 7.91. The maximum absolute atomic E-state index is 13.1. The molecule has 4 nitrogen and oxygen atoms in total. The van der Waals surface area contributed by atoms with Crippen molar-refractivity contribution in [3.8, 4) is 0 Å². The molecule has 1 aromatic rings. The zero-order valence-corrected chi connectivity index (χ0v) is 12.1. The molecule has 0 aliphatic rings. The van der Waals surface area contributed by atoms with Crippen LogP contribution in [0.1, 0.15) is 5.56 Å². The van der Waals surface area contributed by atoms with E-state index in [-0.39, 0.29) is 36.3 Å². The second-order valence-corrected chi connectivity index (χ2v) is 5.24. The number of pyridine rings is 1. The maximum atomic E-state index is 13.1. The lowest BCUT2D eigenvalue weighted by atomic mass is 10.3. The van der Waals surface area contributed by atoms with Gasteiger partial charge in [-0.15, -0.1) is 24.8 Å². The van der Waals surface area contributed by atoms with Gasteiger partial charge in [0.1, 0.15) is 11.6 Å². The van der Waals surface area contributed by atoms with Crippen molar-refractivity contribution in [1.29, 1.82) is 0 Å². The van der Waals surface area contributed by atoms with Gasteiger partial charge in [0.15, 0.2) is 9.84 Å². The average molecular weight is 317 g/mol. The number of nitrogens with zero attached hydrogens (tertiary/aromatic N) is 1. The van der Waals surface area contributed by atoms with Crippen LogP contribution in [0.5, 0.6) is 0 Å². The predicted octanol–water partition coefficient (Wildman–Crippen LogP) is 1.82. The largest absolute Gasteiger partial charge is 0.327 e. The summed E-state index contributed by atoms with van der Waals surface area (Å²) < 4.78 is 36.7. The maximum Gasteiger partial charge on any atom is 0.186 e. The molecule has 1 rings (SSSR count). The van der Waals surface area contributed by atoms with Gasteiger partial charge < -0.3 is 5.73 Å². The van der Waals surface area contributed by atoms with E-state index in [0.717, 1.165) is 6.08 Å². The second kappa shape index (κ2) is 8.42. The first kappa shape index (κ1) is 19.6. The topological polar surface area (TPSA) is 73.0 Å². The number of aromatic nitrogens is 1. The lowest BCUT2D eigenvalue weighted by molar-refractivity contribution is 0.582. The number of halogens is 3. The highest BCUT2D eigenvalue weighted by Crippen LogP contribution is 2.17. The number of aryl methyl sites for hydroxylation is 1.